The number of rotatable bonds is 11. The Bertz CT molecular complexity index is 7250. The SMILES string of the molecule is O=P(c1ccccc1)(c1ccccc1)c1ccc(-c2cc3cc4ccccc4cn3n2)cc1.c1ccc(-c2ccc(N(c3ccc4c(c3)sc3ccccc34)c3cc4cc5ccccc5cn4n3)cc2)cc1.c1ccc2cn3nc(N(c4ccc5sc6ccccc6c5c4)c4ccc5sc6ccccc6c5c4)cc3cc2c1. The van der Waals surface area contributed by atoms with Crippen molar-refractivity contribution in [1.82, 2.24) is 28.8 Å². The lowest BCUT2D eigenvalue weighted by atomic mass is 10.1. The number of nitrogens with zero attached hydrogens (tertiary/aromatic N) is 8. The minimum Gasteiger partial charge on any atom is -0.309 e. The van der Waals surface area contributed by atoms with Crippen molar-refractivity contribution in [3.05, 3.63) is 395 Å². The number of pyridine rings is 3. The van der Waals surface area contributed by atoms with E-state index in [4.69, 9.17) is 15.3 Å². The number of thiophene rings is 3. The van der Waals surface area contributed by atoms with Crippen LogP contribution in [-0.2, 0) is 4.57 Å². The van der Waals surface area contributed by atoms with Crippen LogP contribution in [0.4, 0.5) is 34.4 Å². The molecular weight excluding hydrogens is 1440 g/mol. The van der Waals surface area contributed by atoms with Gasteiger partial charge in [0.2, 0.25) is 0 Å². The van der Waals surface area contributed by atoms with Crippen molar-refractivity contribution in [3.63, 3.8) is 0 Å². The fraction of sp³-hybridized carbons (Fsp3) is 0. The molecule has 0 atom stereocenters. The van der Waals surface area contributed by atoms with Gasteiger partial charge in [-0.05, 0) is 130 Å². The summed E-state index contributed by atoms with van der Waals surface area (Å²) in [6.45, 7) is 0. The van der Waals surface area contributed by atoms with Gasteiger partial charge in [0, 0.05) is 152 Å². The van der Waals surface area contributed by atoms with Crippen LogP contribution >= 0.6 is 41.2 Å². The van der Waals surface area contributed by atoms with Crippen LogP contribution in [0.1, 0.15) is 0 Å². The molecule has 9 nitrogen and oxygen atoms in total. The zero-order valence-corrected chi connectivity index (χ0v) is 63.5. The number of benzene rings is 14. The summed E-state index contributed by atoms with van der Waals surface area (Å²) >= 11 is 5.53. The Morgan fingerprint density at radius 2 is 0.580 bits per heavy atom. The topological polar surface area (TPSA) is 75.5 Å². The molecule has 0 aliphatic rings. The van der Waals surface area contributed by atoms with Gasteiger partial charge in [0.05, 0.1) is 22.2 Å². The summed E-state index contributed by atoms with van der Waals surface area (Å²) in [6, 6.07) is 131. The van der Waals surface area contributed by atoms with E-state index in [-0.39, 0.29) is 0 Å². The molecular formula is C99H65N8OPS3. The summed E-state index contributed by atoms with van der Waals surface area (Å²) in [4.78, 5) is 4.56. The molecule has 0 fully saturated rings. The summed E-state index contributed by atoms with van der Waals surface area (Å²) in [6.07, 6.45) is 6.29. The van der Waals surface area contributed by atoms with Crippen molar-refractivity contribution >= 4 is 201 Å². The standard InChI is InChI=1S/C35H21N3S2.C35H23N3S.C29H21N2OP/c1-2-8-23-21-37-26(17-22(23)7-1)20-35(36-37)38(24-13-15-33-29(18-24)27-9-3-5-11-31(27)39-33)25-14-16-34-30(19-25)28-10-4-6-12-32(28)40-34;1-2-8-24(9-3-1)25-14-16-28(17-15-25)38(29-18-19-32-31-12-6-7-13-33(31)39-34(32)21-29)35-22-30-20-26-10-4-5-11-27(26)23-37(30)36-35;32-33(26-11-3-1-4-12-26,27-13-5-2-6-14-27)28-17-15-22(16-18-28)29-20-25-19-23-9-7-8-10-24(23)21-31(25)30-29/h1-21H;1-23H;1-21H. The van der Waals surface area contributed by atoms with Gasteiger partial charge >= 0.3 is 0 Å². The fourth-order valence-electron chi connectivity index (χ4n) is 15.7. The quantitative estimate of drug-likeness (QED) is 0.120. The Kier molecular flexibility index (Phi) is 16.5. The zero-order chi connectivity index (χ0) is 74.2. The molecule has 14 aromatic carbocycles. The molecule has 0 spiro atoms. The van der Waals surface area contributed by atoms with Crippen molar-refractivity contribution in [2.45, 2.75) is 0 Å². The lowest BCUT2D eigenvalue weighted by molar-refractivity contribution is 0.592. The third-order valence-electron chi connectivity index (χ3n) is 21.3. The second-order valence-electron chi connectivity index (χ2n) is 28.1. The summed E-state index contributed by atoms with van der Waals surface area (Å²) in [5.41, 5.74) is 11.9. The van der Waals surface area contributed by atoms with Gasteiger partial charge in [-0.2, -0.15) is 5.10 Å². The van der Waals surface area contributed by atoms with E-state index >= 15 is 0 Å². The second kappa shape index (κ2) is 27.8. The highest BCUT2D eigenvalue weighted by Crippen LogP contribution is 2.47. The summed E-state index contributed by atoms with van der Waals surface area (Å²) < 4.78 is 28.2. The normalized spacial score (nSPS) is 11.8. The molecule has 0 aliphatic heterocycles. The molecule has 0 saturated heterocycles. The maximum Gasteiger partial charge on any atom is 0.171 e. The fourth-order valence-corrected chi connectivity index (χ4v) is 21.7. The molecule has 13 heteroatoms. The van der Waals surface area contributed by atoms with Gasteiger partial charge in [-0.3, -0.25) is 9.80 Å². The number of hydrogen-bond acceptors (Lipinski definition) is 9. The monoisotopic (exact) mass is 1510 g/mol. The molecule has 0 N–H and O–H groups in total. The van der Waals surface area contributed by atoms with Crippen LogP contribution in [0.2, 0.25) is 0 Å². The van der Waals surface area contributed by atoms with E-state index in [9.17, 15) is 4.57 Å². The Labute approximate surface area is 656 Å². The van der Waals surface area contributed by atoms with E-state index < -0.39 is 7.14 Å². The zero-order valence-electron chi connectivity index (χ0n) is 60.2. The van der Waals surface area contributed by atoms with E-state index in [1.165, 1.54) is 98.6 Å². The number of hydrogen-bond donors (Lipinski definition) is 0. The van der Waals surface area contributed by atoms with Crippen LogP contribution in [0, 0.1) is 0 Å². The van der Waals surface area contributed by atoms with Gasteiger partial charge in [-0.15, -0.1) is 44.2 Å². The van der Waals surface area contributed by atoms with Crippen molar-refractivity contribution in [1.29, 1.82) is 0 Å². The number of fused-ring (bicyclic) bond motifs is 15. The Balaban J connectivity index is 0.000000107. The third-order valence-corrected chi connectivity index (χ3v) is 27.8. The average Bonchev–Trinajstić information content (AvgIpc) is 1.09. The lowest BCUT2D eigenvalue weighted by Gasteiger charge is -2.23. The minimum absolute atomic E-state index is 0.818. The molecule has 0 saturated carbocycles. The first-order valence-corrected chi connectivity index (χ1v) is 41.4. The van der Waals surface area contributed by atoms with Crippen LogP contribution in [-0.4, -0.2) is 28.8 Å². The summed E-state index contributed by atoms with van der Waals surface area (Å²) in [7, 11) is -2.97. The first-order chi connectivity index (χ1) is 55.3. The highest BCUT2D eigenvalue weighted by atomic mass is 32.1. The Morgan fingerprint density at radius 1 is 0.241 bits per heavy atom. The van der Waals surface area contributed by atoms with Crippen molar-refractivity contribution < 1.29 is 4.57 Å². The number of aromatic nitrogens is 6. The smallest absolute Gasteiger partial charge is 0.171 e. The first-order valence-electron chi connectivity index (χ1n) is 37.3. The van der Waals surface area contributed by atoms with Gasteiger partial charge in [-0.1, -0.05) is 261 Å². The van der Waals surface area contributed by atoms with Crippen LogP contribution in [0.3, 0.4) is 0 Å². The second-order valence-corrected chi connectivity index (χ2v) is 34.1. The van der Waals surface area contributed by atoms with Gasteiger partial charge in [0.1, 0.15) is 0 Å². The minimum atomic E-state index is -2.97. The molecule has 0 aliphatic carbocycles. The van der Waals surface area contributed by atoms with Gasteiger partial charge in [0.15, 0.2) is 18.8 Å². The summed E-state index contributed by atoms with van der Waals surface area (Å²) in [5.74, 6) is 1.78. The average molecular weight is 1510 g/mol. The van der Waals surface area contributed by atoms with Crippen LogP contribution in [0.25, 0.3) is 132 Å². The van der Waals surface area contributed by atoms with E-state index in [0.29, 0.717) is 0 Å². The molecule has 0 bridgehead atoms. The highest BCUT2D eigenvalue weighted by Gasteiger charge is 2.30. The van der Waals surface area contributed by atoms with Gasteiger partial charge < -0.3 is 4.57 Å². The predicted octanol–water partition coefficient (Wildman–Crippen LogP) is 26.5. The van der Waals surface area contributed by atoms with E-state index in [1.54, 1.807) is 0 Å². The molecule has 530 valence electrons. The van der Waals surface area contributed by atoms with Crippen molar-refractivity contribution in [3.8, 4) is 22.4 Å². The number of anilines is 6. The first kappa shape index (κ1) is 66.6. The highest BCUT2D eigenvalue weighted by molar-refractivity contribution is 7.85. The molecule has 0 radical (unpaired) electrons. The van der Waals surface area contributed by atoms with Crippen LogP contribution in [0.5, 0.6) is 0 Å². The molecule has 23 rings (SSSR count). The van der Waals surface area contributed by atoms with Crippen molar-refractivity contribution in [2.75, 3.05) is 9.80 Å². The third kappa shape index (κ3) is 12.1. The molecule has 23 aromatic rings. The largest absolute Gasteiger partial charge is 0.309 e. The summed E-state index contributed by atoms with van der Waals surface area (Å²) in [5, 5.41) is 32.3. The maximum absolute atomic E-state index is 14.5. The van der Waals surface area contributed by atoms with E-state index in [1.807, 2.05) is 145 Å². The molecule has 9 heterocycles. The predicted molar refractivity (Wildman–Crippen MR) is 476 cm³/mol. The Morgan fingerprint density at radius 3 is 1.08 bits per heavy atom. The molecule has 0 amide bonds. The van der Waals surface area contributed by atoms with Gasteiger partial charge in [-0.25, -0.2) is 13.5 Å². The molecule has 9 aromatic heterocycles. The lowest BCUT2D eigenvalue weighted by Crippen LogP contribution is -2.24. The van der Waals surface area contributed by atoms with Crippen LogP contribution < -0.4 is 25.7 Å². The van der Waals surface area contributed by atoms with E-state index in [2.05, 4.69) is 307 Å². The van der Waals surface area contributed by atoms with Crippen molar-refractivity contribution in [2.24, 2.45) is 0 Å². The molecule has 0 unspecified atom stereocenters. The van der Waals surface area contributed by atoms with E-state index in [0.717, 1.165) is 83.5 Å². The molecule has 112 heavy (non-hydrogen) atoms. The maximum atomic E-state index is 14.5. The van der Waals surface area contributed by atoms with Crippen LogP contribution in [0.15, 0.2) is 395 Å². The Hall–Kier alpha value is -13.6. The van der Waals surface area contributed by atoms with Gasteiger partial charge in [0.25, 0.3) is 0 Å².